The van der Waals surface area contributed by atoms with Crippen LogP contribution in [0.2, 0.25) is 0 Å². The molecule has 2 aliphatic rings. The number of amides is 1. The topological polar surface area (TPSA) is 58.6 Å². The summed E-state index contributed by atoms with van der Waals surface area (Å²) in [5.41, 5.74) is 3.15. The molecule has 1 aromatic carbocycles. The minimum absolute atomic E-state index is 0.0249. The zero-order valence-corrected chi connectivity index (χ0v) is 19.4. The minimum Gasteiger partial charge on any atom is -0.372 e. The molecule has 0 bridgehead atoms. The minimum atomic E-state index is -0.0249. The zero-order valence-electron chi connectivity index (χ0n) is 19.4. The van der Waals surface area contributed by atoms with Gasteiger partial charge in [0.2, 0.25) is 5.91 Å². The van der Waals surface area contributed by atoms with Gasteiger partial charge in [0.1, 0.15) is 5.82 Å². The Morgan fingerprint density at radius 3 is 2.42 bits per heavy atom. The summed E-state index contributed by atoms with van der Waals surface area (Å²) < 4.78 is 5.96. The maximum Gasteiger partial charge on any atom is 0.223 e. The van der Waals surface area contributed by atoms with E-state index in [2.05, 4.69) is 51.7 Å². The van der Waals surface area contributed by atoms with Crippen LogP contribution < -0.4 is 4.90 Å². The van der Waals surface area contributed by atoms with Crippen molar-refractivity contribution in [2.24, 2.45) is 5.41 Å². The summed E-state index contributed by atoms with van der Waals surface area (Å²) in [6.07, 6.45) is 1.58. The molecule has 4 rings (SSSR count). The Morgan fingerprint density at radius 2 is 1.77 bits per heavy atom. The van der Waals surface area contributed by atoms with Crippen LogP contribution in [0.25, 0.3) is 11.4 Å². The fourth-order valence-corrected chi connectivity index (χ4v) is 4.50. The number of carbonyl (C=O) groups excluding carboxylic acids is 1. The van der Waals surface area contributed by atoms with Crippen molar-refractivity contribution in [3.63, 3.8) is 0 Å². The number of carbonyl (C=O) groups is 1. The highest BCUT2D eigenvalue weighted by Crippen LogP contribution is 2.32. The Labute approximate surface area is 185 Å². The van der Waals surface area contributed by atoms with Crippen molar-refractivity contribution in [2.75, 3.05) is 24.5 Å². The van der Waals surface area contributed by atoms with Crippen LogP contribution >= 0.6 is 0 Å². The van der Waals surface area contributed by atoms with Crippen molar-refractivity contribution < 1.29 is 9.53 Å². The van der Waals surface area contributed by atoms with E-state index in [4.69, 9.17) is 14.7 Å². The lowest BCUT2D eigenvalue weighted by atomic mass is 9.91. The maximum atomic E-state index is 13.0. The summed E-state index contributed by atoms with van der Waals surface area (Å²) in [6.45, 7) is 13.4. The van der Waals surface area contributed by atoms with Gasteiger partial charge in [-0.05, 0) is 19.3 Å². The second-order valence-electron chi connectivity index (χ2n) is 10.1. The number of nitrogens with zero attached hydrogens (tertiary/aromatic N) is 4. The molecule has 31 heavy (non-hydrogen) atoms. The normalized spacial score (nSPS) is 21.7. The van der Waals surface area contributed by atoms with E-state index < -0.39 is 0 Å². The molecule has 0 N–H and O–H groups in total. The average molecular weight is 423 g/mol. The third kappa shape index (κ3) is 5.06. The van der Waals surface area contributed by atoms with Gasteiger partial charge < -0.3 is 14.5 Å². The first kappa shape index (κ1) is 21.8. The van der Waals surface area contributed by atoms with E-state index in [1.54, 1.807) is 0 Å². The lowest BCUT2D eigenvalue weighted by Gasteiger charge is -2.39. The zero-order chi connectivity index (χ0) is 22.2. The molecule has 0 saturated carbocycles. The molecule has 6 heteroatoms. The molecule has 0 unspecified atom stereocenters. The maximum absolute atomic E-state index is 13.0. The van der Waals surface area contributed by atoms with E-state index in [0.717, 1.165) is 48.0 Å². The van der Waals surface area contributed by atoms with E-state index in [9.17, 15) is 4.79 Å². The molecular formula is C25H34N4O2. The van der Waals surface area contributed by atoms with Crippen LogP contribution in [0.4, 0.5) is 5.82 Å². The Balaban J connectivity index is 1.72. The molecule has 1 fully saturated rings. The number of fused-ring (bicyclic) bond motifs is 1. The van der Waals surface area contributed by atoms with Gasteiger partial charge in [0.05, 0.1) is 24.4 Å². The number of benzene rings is 1. The van der Waals surface area contributed by atoms with E-state index in [-0.39, 0.29) is 23.5 Å². The first-order valence-electron chi connectivity index (χ1n) is 11.3. The number of ether oxygens (including phenoxy) is 1. The van der Waals surface area contributed by atoms with Crippen LogP contribution in [0, 0.1) is 5.41 Å². The fourth-order valence-electron chi connectivity index (χ4n) is 4.50. The molecule has 0 radical (unpaired) electrons. The molecule has 1 saturated heterocycles. The van der Waals surface area contributed by atoms with Crippen LogP contribution in [-0.4, -0.2) is 52.6 Å². The van der Waals surface area contributed by atoms with Crippen LogP contribution in [0.1, 0.15) is 52.3 Å². The molecule has 2 aliphatic heterocycles. The van der Waals surface area contributed by atoms with Gasteiger partial charge in [-0.15, -0.1) is 0 Å². The highest BCUT2D eigenvalue weighted by molar-refractivity contribution is 5.77. The van der Waals surface area contributed by atoms with E-state index in [0.29, 0.717) is 19.5 Å². The average Bonchev–Trinajstić information content (AvgIpc) is 2.71. The first-order valence-corrected chi connectivity index (χ1v) is 11.3. The van der Waals surface area contributed by atoms with Crippen molar-refractivity contribution in [3.8, 4) is 11.4 Å². The SMILES string of the molecule is C[C@H]1CN(c2nc(-c3ccccc3)nc3c2CN(C(=O)CC(C)(C)C)CC3)C[C@H](C)O1. The Hall–Kier alpha value is -2.47. The van der Waals surface area contributed by atoms with Gasteiger partial charge in [-0.1, -0.05) is 51.1 Å². The second kappa shape index (κ2) is 8.58. The summed E-state index contributed by atoms with van der Waals surface area (Å²) in [4.78, 5) is 27.2. The number of anilines is 1. The van der Waals surface area contributed by atoms with E-state index in [1.807, 2.05) is 23.1 Å². The Bertz CT molecular complexity index is 929. The molecule has 2 atom stereocenters. The van der Waals surface area contributed by atoms with Gasteiger partial charge in [0, 0.05) is 43.6 Å². The van der Waals surface area contributed by atoms with Crippen molar-refractivity contribution in [1.29, 1.82) is 0 Å². The third-order valence-corrected chi connectivity index (χ3v) is 5.82. The smallest absolute Gasteiger partial charge is 0.223 e. The Kier molecular flexibility index (Phi) is 6.02. The third-order valence-electron chi connectivity index (χ3n) is 5.82. The van der Waals surface area contributed by atoms with Crippen LogP contribution in [0.5, 0.6) is 0 Å². The quantitative estimate of drug-likeness (QED) is 0.746. The first-order chi connectivity index (χ1) is 14.7. The molecular weight excluding hydrogens is 388 g/mol. The van der Waals surface area contributed by atoms with Crippen molar-refractivity contribution in [1.82, 2.24) is 14.9 Å². The number of hydrogen-bond donors (Lipinski definition) is 0. The van der Waals surface area contributed by atoms with Crippen molar-refractivity contribution >= 4 is 11.7 Å². The van der Waals surface area contributed by atoms with Crippen molar-refractivity contribution in [2.45, 2.75) is 66.2 Å². The molecule has 6 nitrogen and oxygen atoms in total. The molecule has 166 valence electrons. The van der Waals surface area contributed by atoms with Crippen LogP contribution in [0.15, 0.2) is 30.3 Å². The molecule has 2 aromatic rings. The highest BCUT2D eigenvalue weighted by atomic mass is 16.5. The summed E-state index contributed by atoms with van der Waals surface area (Å²) in [6, 6.07) is 10.1. The number of rotatable bonds is 3. The lowest BCUT2D eigenvalue weighted by Crippen LogP contribution is -2.47. The summed E-state index contributed by atoms with van der Waals surface area (Å²) >= 11 is 0. The van der Waals surface area contributed by atoms with E-state index in [1.165, 1.54) is 0 Å². The Morgan fingerprint density at radius 1 is 1.10 bits per heavy atom. The second-order valence-corrected chi connectivity index (χ2v) is 10.1. The standard InChI is InChI=1S/C25H34N4O2/c1-17-14-29(15-18(2)31-17)24-20-16-28(22(30)13-25(3,4)5)12-11-21(20)26-23(27-24)19-9-7-6-8-10-19/h6-10,17-18H,11-16H2,1-5H3/t17-,18-/m0/s1. The molecule has 3 heterocycles. The monoisotopic (exact) mass is 422 g/mol. The largest absolute Gasteiger partial charge is 0.372 e. The number of aromatic nitrogens is 2. The predicted molar refractivity (Wildman–Crippen MR) is 123 cm³/mol. The lowest BCUT2D eigenvalue weighted by molar-refractivity contribution is -0.134. The van der Waals surface area contributed by atoms with Gasteiger partial charge in [-0.3, -0.25) is 4.79 Å². The van der Waals surface area contributed by atoms with E-state index >= 15 is 0 Å². The highest BCUT2D eigenvalue weighted by Gasteiger charge is 2.32. The summed E-state index contributed by atoms with van der Waals surface area (Å²) in [5, 5.41) is 0. The molecule has 1 aromatic heterocycles. The molecule has 0 spiro atoms. The van der Waals surface area contributed by atoms with Crippen LogP contribution in [-0.2, 0) is 22.5 Å². The number of morpholine rings is 1. The summed E-state index contributed by atoms with van der Waals surface area (Å²) in [7, 11) is 0. The van der Waals surface area contributed by atoms with Gasteiger partial charge in [0.25, 0.3) is 0 Å². The summed E-state index contributed by atoms with van der Waals surface area (Å²) in [5.74, 6) is 1.93. The van der Waals surface area contributed by atoms with Crippen LogP contribution in [0.3, 0.4) is 0 Å². The number of hydrogen-bond acceptors (Lipinski definition) is 5. The predicted octanol–water partition coefficient (Wildman–Crippen LogP) is 4.08. The van der Waals surface area contributed by atoms with Gasteiger partial charge in [0.15, 0.2) is 5.82 Å². The van der Waals surface area contributed by atoms with Gasteiger partial charge in [-0.2, -0.15) is 0 Å². The molecule has 0 aliphatic carbocycles. The van der Waals surface area contributed by atoms with Gasteiger partial charge in [-0.25, -0.2) is 9.97 Å². The van der Waals surface area contributed by atoms with Crippen molar-refractivity contribution in [3.05, 3.63) is 41.6 Å². The van der Waals surface area contributed by atoms with Gasteiger partial charge >= 0.3 is 0 Å². The molecule has 1 amide bonds. The fraction of sp³-hybridized carbons (Fsp3) is 0.560.